The van der Waals surface area contributed by atoms with E-state index in [9.17, 15) is 29.1 Å². The van der Waals surface area contributed by atoms with Crippen molar-refractivity contribution < 1.29 is 52.8 Å². The molecule has 31 atom stereocenters. The number of rotatable bonds is 12. The topological polar surface area (TPSA) is 152 Å². The van der Waals surface area contributed by atoms with Crippen molar-refractivity contribution in [1.29, 1.82) is 0 Å². The maximum atomic E-state index is 13.6. The molecule has 97 heavy (non-hydrogen) atoms. The lowest BCUT2D eigenvalue weighted by Crippen LogP contribution is -2.58. The van der Waals surface area contributed by atoms with E-state index < -0.39 is 17.3 Å². The van der Waals surface area contributed by atoms with Gasteiger partial charge in [0.1, 0.15) is 28.5 Å². The van der Waals surface area contributed by atoms with Gasteiger partial charge in [0.15, 0.2) is 0 Å². The SMILES string of the molecule is CC(=O)OC(CC(=O)OC(C)(C)C)C1CC2CC1C(C)C2C.CC1C(C)C2CC1C1C3CC(C(=O)OC4(C)C5CC6CC(C5)CC4C6)C(C3)C21.CC1C2CC(C(O)CC(=O)OC(C)(C)C)C(C2)C1C.CC1CC2C3CC(CC3C(=O)OC(C)(C)C3CCC4CCCCC4C3)C2C1C. The monoisotopic (exact) mass is 1350 g/mol. The molecular formula is C86H138O11. The fraction of sp³-hybridized carbons (Fsp3) is 0.942. The first-order chi connectivity index (χ1) is 45.6. The van der Waals surface area contributed by atoms with Gasteiger partial charge in [0.25, 0.3) is 0 Å². The Morgan fingerprint density at radius 3 is 1.51 bits per heavy atom. The lowest BCUT2D eigenvalue weighted by Gasteiger charge is -2.59. The summed E-state index contributed by atoms with van der Waals surface area (Å²) in [6.07, 6.45) is 28.2. The molecule has 548 valence electrons. The van der Waals surface area contributed by atoms with E-state index in [1.54, 1.807) is 0 Å². The van der Waals surface area contributed by atoms with Crippen molar-refractivity contribution in [2.75, 3.05) is 0 Å². The highest BCUT2D eigenvalue weighted by Crippen LogP contribution is 2.72. The van der Waals surface area contributed by atoms with Crippen LogP contribution in [0.1, 0.15) is 279 Å². The highest BCUT2D eigenvalue weighted by atomic mass is 16.6. The first-order valence-electron chi connectivity index (χ1n) is 41.3. The van der Waals surface area contributed by atoms with Crippen molar-refractivity contribution in [3.8, 4) is 0 Å². The van der Waals surface area contributed by atoms with Crippen molar-refractivity contribution in [1.82, 2.24) is 0 Å². The number of hydrogen-bond donors (Lipinski definition) is 1. The summed E-state index contributed by atoms with van der Waals surface area (Å²) in [5.41, 5.74) is -1.39. The standard InChI is InChI=1S/C26H38O2.C26H42O2.C18H30O4.C16H28O3/c1-12-13(2)20-11-19(12)23-16-9-21(24(20)23)22(10-16)25(27)28-26(3)17-5-14-4-15(7-17)8-18(26)6-14;1-15-11-22-21-13-19(24(22)16(15)2)14-23(21)25(27)28-26(3,4)20-10-9-17-7-5-6-8-18(17)12-20;1-10-11(2)14-7-13(10)8-15(14)16(21-12(3)19)9-17(20)22-18(4,5)6;1-9-10(2)12-6-11(9)7-13(12)14(17)8-15(18)19-16(3,4)5/h12-24H,4-11H2,1-3H3;15-24H,5-14H2,1-4H3;10-11,13-16H,7-9H2,1-6H3;9-14,17H,6-8H2,1-5H3. The molecule has 0 saturated heterocycles. The number of carbonyl (C=O) groups excluding carboxylic acids is 5. The van der Waals surface area contributed by atoms with Crippen molar-refractivity contribution in [2.45, 2.75) is 313 Å². The third-order valence-electron chi connectivity index (χ3n) is 33.6. The summed E-state index contributed by atoms with van der Waals surface area (Å²) in [5.74, 6) is 23.5. The van der Waals surface area contributed by atoms with Crippen LogP contribution in [0.2, 0.25) is 0 Å². The number of carbonyl (C=O) groups is 5. The molecule has 17 fully saturated rings. The van der Waals surface area contributed by atoms with Gasteiger partial charge in [-0.1, -0.05) is 81.1 Å². The Labute approximate surface area is 588 Å². The van der Waals surface area contributed by atoms with Gasteiger partial charge in [-0.05, 0) is 361 Å². The minimum absolute atomic E-state index is 0.137. The molecule has 0 spiro atoms. The fourth-order valence-corrected chi connectivity index (χ4v) is 28.6. The molecule has 0 radical (unpaired) electrons. The van der Waals surface area contributed by atoms with Gasteiger partial charge in [0.2, 0.25) is 0 Å². The Bertz CT molecular complexity index is 2810. The summed E-state index contributed by atoms with van der Waals surface area (Å²) in [6, 6.07) is 0. The molecule has 0 aromatic rings. The molecule has 11 nitrogen and oxygen atoms in total. The maximum Gasteiger partial charge on any atom is 0.310 e. The fourth-order valence-electron chi connectivity index (χ4n) is 28.6. The molecule has 17 saturated carbocycles. The van der Waals surface area contributed by atoms with Crippen LogP contribution < -0.4 is 0 Å². The zero-order chi connectivity index (χ0) is 69.6. The summed E-state index contributed by atoms with van der Waals surface area (Å²) in [4.78, 5) is 62.3. The van der Waals surface area contributed by atoms with Crippen LogP contribution in [0.5, 0.6) is 0 Å². The second kappa shape index (κ2) is 27.4. The van der Waals surface area contributed by atoms with Crippen LogP contribution in [-0.4, -0.2) is 69.6 Å². The molecular weight excluding hydrogens is 1210 g/mol. The molecule has 0 aromatic carbocycles. The average molecular weight is 1350 g/mol. The van der Waals surface area contributed by atoms with Gasteiger partial charge < -0.3 is 28.8 Å². The Hall–Kier alpha value is -2.69. The number of aliphatic hydroxyl groups is 1. The average Bonchev–Trinajstić information content (AvgIpc) is 1.58. The van der Waals surface area contributed by atoms with E-state index in [1.165, 1.54) is 122 Å². The predicted octanol–water partition coefficient (Wildman–Crippen LogP) is 18.6. The Morgan fingerprint density at radius 2 is 0.938 bits per heavy atom. The second-order valence-electron chi connectivity index (χ2n) is 40.9. The zero-order valence-corrected chi connectivity index (χ0v) is 64.2. The highest BCUT2D eigenvalue weighted by molar-refractivity contribution is 5.75. The molecule has 31 unspecified atom stereocenters. The third-order valence-corrected chi connectivity index (χ3v) is 33.6. The Morgan fingerprint density at radius 1 is 0.433 bits per heavy atom. The van der Waals surface area contributed by atoms with Gasteiger partial charge in [-0.2, -0.15) is 0 Å². The van der Waals surface area contributed by atoms with Crippen molar-refractivity contribution in [3.05, 3.63) is 0 Å². The van der Waals surface area contributed by atoms with E-state index in [1.807, 2.05) is 41.5 Å². The predicted molar refractivity (Wildman–Crippen MR) is 379 cm³/mol. The molecule has 0 aliphatic heterocycles. The zero-order valence-electron chi connectivity index (χ0n) is 64.2. The van der Waals surface area contributed by atoms with Crippen molar-refractivity contribution in [3.63, 3.8) is 0 Å². The number of fused-ring (bicyclic) bond motifs is 19. The first kappa shape index (κ1) is 72.7. The highest BCUT2D eigenvalue weighted by Gasteiger charge is 2.68. The van der Waals surface area contributed by atoms with Gasteiger partial charge in [0.05, 0.1) is 30.8 Å². The molecule has 1 N–H and O–H groups in total. The Balaban J connectivity index is 0.000000118. The third kappa shape index (κ3) is 14.1. The van der Waals surface area contributed by atoms with Gasteiger partial charge in [-0.25, -0.2) is 0 Å². The summed E-state index contributed by atoms with van der Waals surface area (Å²) in [5, 5.41) is 10.3. The largest absolute Gasteiger partial charge is 0.462 e. The quantitative estimate of drug-likeness (QED) is 0.113. The molecule has 17 aliphatic carbocycles. The van der Waals surface area contributed by atoms with Crippen LogP contribution in [0.4, 0.5) is 0 Å². The van der Waals surface area contributed by atoms with Crippen LogP contribution in [0, 0.1) is 195 Å². The van der Waals surface area contributed by atoms with E-state index in [0.29, 0.717) is 71.0 Å². The molecule has 0 amide bonds. The number of ether oxygens (including phenoxy) is 5. The smallest absolute Gasteiger partial charge is 0.310 e. The summed E-state index contributed by atoms with van der Waals surface area (Å²) in [7, 11) is 0. The van der Waals surface area contributed by atoms with Gasteiger partial charge in [-0.3, -0.25) is 24.0 Å². The van der Waals surface area contributed by atoms with Crippen LogP contribution in [0.15, 0.2) is 0 Å². The molecule has 11 heteroatoms. The lowest BCUT2D eigenvalue weighted by molar-refractivity contribution is -0.209. The molecule has 14 bridgehead atoms. The second-order valence-corrected chi connectivity index (χ2v) is 40.9. The molecule has 0 aromatic heterocycles. The molecule has 0 heterocycles. The summed E-state index contributed by atoms with van der Waals surface area (Å²) < 4.78 is 29.2. The normalized spacial score (nSPS) is 49.0. The van der Waals surface area contributed by atoms with E-state index >= 15 is 0 Å². The van der Waals surface area contributed by atoms with Gasteiger partial charge >= 0.3 is 29.8 Å². The van der Waals surface area contributed by atoms with E-state index in [2.05, 4.69) is 76.2 Å². The summed E-state index contributed by atoms with van der Waals surface area (Å²) in [6.45, 7) is 38.5. The minimum Gasteiger partial charge on any atom is -0.462 e. The van der Waals surface area contributed by atoms with Crippen molar-refractivity contribution >= 4 is 29.8 Å². The lowest BCUT2D eigenvalue weighted by atomic mass is 9.50. The van der Waals surface area contributed by atoms with Gasteiger partial charge in [0, 0.05) is 6.92 Å². The van der Waals surface area contributed by atoms with Crippen LogP contribution in [0.25, 0.3) is 0 Å². The van der Waals surface area contributed by atoms with E-state index in [-0.39, 0.29) is 71.8 Å². The van der Waals surface area contributed by atoms with E-state index in [0.717, 1.165) is 138 Å². The molecule has 17 aliphatic rings. The van der Waals surface area contributed by atoms with Crippen molar-refractivity contribution in [2.24, 2.45) is 195 Å². The first-order valence-corrected chi connectivity index (χ1v) is 41.3. The summed E-state index contributed by atoms with van der Waals surface area (Å²) >= 11 is 0. The number of hydrogen-bond acceptors (Lipinski definition) is 11. The Kier molecular flexibility index (Phi) is 20.5. The van der Waals surface area contributed by atoms with Crippen LogP contribution in [-0.2, 0) is 47.7 Å². The minimum atomic E-state index is -0.528. The van der Waals surface area contributed by atoms with Crippen LogP contribution in [0.3, 0.4) is 0 Å². The molecule has 17 rings (SSSR count). The van der Waals surface area contributed by atoms with Crippen LogP contribution >= 0.6 is 0 Å². The van der Waals surface area contributed by atoms with Gasteiger partial charge in [-0.15, -0.1) is 0 Å². The maximum absolute atomic E-state index is 13.6. The number of aliphatic hydroxyl groups excluding tert-OH is 1. The number of esters is 5. The van der Waals surface area contributed by atoms with E-state index in [4.69, 9.17) is 23.7 Å².